The van der Waals surface area contributed by atoms with E-state index in [4.69, 9.17) is 0 Å². The van der Waals surface area contributed by atoms with E-state index in [2.05, 4.69) is 31.2 Å². The molecule has 0 atom stereocenters. The molecule has 1 amide bonds. The molecule has 86 valence electrons. The number of rotatable bonds is 2. The fourth-order valence-electron chi connectivity index (χ4n) is 1.36. The minimum Gasteiger partial charge on any atom is -0.320 e. The average molecular weight is 292 g/mol. The molecule has 2 aromatic rings. The molecule has 0 spiro atoms. The summed E-state index contributed by atoms with van der Waals surface area (Å²) in [4.78, 5) is 19.9. The highest BCUT2D eigenvalue weighted by Gasteiger charge is 2.07. The molecular weight excluding hydrogens is 282 g/mol. The molecule has 2 rings (SSSR count). The first kappa shape index (κ1) is 11.7. The SMILES string of the molecule is Cc1nc(Br)ccc1NC(=O)c1ccncc1. The van der Waals surface area contributed by atoms with Gasteiger partial charge in [0.2, 0.25) is 0 Å². The van der Waals surface area contributed by atoms with Gasteiger partial charge >= 0.3 is 0 Å². The summed E-state index contributed by atoms with van der Waals surface area (Å²) in [5, 5.41) is 2.80. The summed E-state index contributed by atoms with van der Waals surface area (Å²) in [6, 6.07) is 6.93. The summed E-state index contributed by atoms with van der Waals surface area (Å²) in [5.41, 5.74) is 2.04. The topological polar surface area (TPSA) is 54.9 Å². The fraction of sp³-hybridized carbons (Fsp3) is 0.0833. The maximum atomic E-state index is 11.9. The highest BCUT2D eigenvalue weighted by Crippen LogP contribution is 2.16. The maximum absolute atomic E-state index is 11.9. The number of hydrogen-bond donors (Lipinski definition) is 1. The molecule has 5 heteroatoms. The third kappa shape index (κ3) is 2.88. The number of amides is 1. The van der Waals surface area contributed by atoms with Crippen LogP contribution in [0.3, 0.4) is 0 Å². The van der Waals surface area contributed by atoms with Crippen molar-refractivity contribution in [1.29, 1.82) is 0 Å². The summed E-state index contributed by atoms with van der Waals surface area (Å²) in [6.07, 6.45) is 3.17. The minimum atomic E-state index is -0.167. The normalized spacial score (nSPS) is 10.0. The average Bonchev–Trinajstić information content (AvgIpc) is 2.34. The van der Waals surface area contributed by atoms with Crippen LogP contribution in [0, 0.1) is 6.92 Å². The molecule has 0 aliphatic carbocycles. The van der Waals surface area contributed by atoms with Gasteiger partial charge in [0.1, 0.15) is 4.60 Å². The molecule has 2 aromatic heterocycles. The highest BCUT2D eigenvalue weighted by atomic mass is 79.9. The number of carbonyl (C=O) groups excluding carboxylic acids is 1. The molecule has 0 aromatic carbocycles. The zero-order chi connectivity index (χ0) is 12.3. The second-order valence-electron chi connectivity index (χ2n) is 3.46. The van der Waals surface area contributed by atoms with Gasteiger partial charge in [-0.1, -0.05) is 0 Å². The van der Waals surface area contributed by atoms with E-state index in [0.717, 1.165) is 10.3 Å². The van der Waals surface area contributed by atoms with E-state index in [1.807, 2.05) is 13.0 Å². The van der Waals surface area contributed by atoms with Gasteiger partial charge in [-0.25, -0.2) is 4.98 Å². The Kier molecular flexibility index (Phi) is 3.49. The van der Waals surface area contributed by atoms with Gasteiger partial charge in [-0.3, -0.25) is 9.78 Å². The van der Waals surface area contributed by atoms with E-state index in [0.29, 0.717) is 11.3 Å². The van der Waals surface area contributed by atoms with Gasteiger partial charge in [-0.15, -0.1) is 0 Å². The van der Waals surface area contributed by atoms with Crippen molar-refractivity contribution in [1.82, 2.24) is 9.97 Å². The fourth-order valence-corrected chi connectivity index (χ4v) is 1.76. The number of halogens is 1. The molecule has 0 saturated carbocycles. The third-order valence-electron chi connectivity index (χ3n) is 2.24. The number of anilines is 1. The number of aryl methyl sites for hydroxylation is 1. The standard InChI is InChI=1S/C12H10BrN3O/c1-8-10(2-3-11(13)15-8)16-12(17)9-4-6-14-7-5-9/h2-7H,1H3,(H,16,17). The number of carbonyl (C=O) groups is 1. The van der Waals surface area contributed by atoms with Crippen LogP contribution in [0.25, 0.3) is 0 Å². The Morgan fingerprint density at radius 2 is 1.94 bits per heavy atom. The van der Waals surface area contributed by atoms with Gasteiger partial charge in [0.15, 0.2) is 0 Å². The van der Waals surface area contributed by atoms with E-state index >= 15 is 0 Å². The van der Waals surface area contributed by atoms with Crippen LogP contribution in [-0.4, -0.2) is 15.9 Å². The number of aromatic nitrogens is 2. The smallest absolute Gasteiger partial charge is 0.255 e. The lowest BCUT2D eigenvalue weighted by molar-refractivity contribution is 0.102. The van der Waals surface area contributed by atoms with Gasteiger partial charge in [-0.2, -0.15) is 0 Å². The van der Waals surface area contributed by atoms with Gasteiger partial charge < -0.3 is 5.32 Å². The summed E-state index contributed by atoms with van der Waals surface area (Å²) >= 11 is 3.28. The molecule has 0 saturated heterocycles. The molecule has 0 aliphatic heterocycles. The highest BCUT2D eigenvalue weighted by molar-refractivity contribution is 9.10. The van der Waals surface area contributed by atoms with Crippen molar-refractivity contribution in [3.05, 3.63) is 52.5 Å². The van der Waals surface area contributed by atoms with Crippen molar-refractivity contribution >= 4 is 27.5 Å². The van der Waals surface area contributed by atoms with E-state index in [9.17, 15) is 4.79 Å². The largest absolute Gasteiger partial charge is 0.320 e. The van der Waals surface area contributed by atoms with Crippen LogP contribution >= 0.6 is 15.9 Å². The second kappa shape index (κ2) is 5.05. The predicted octanol–water partition coefficient (Wildman–Crippen LogP) is 2.80. The Balaban J connectivity index is 2.19. The Morgan fingerprint density at radius 1 is 1.24 bits per heavy atom. The molecule has 17 heavy (non-hydrogen) atoms. The lowest BCUT2D eigenvalue weighted by atomic mass is 10.2. The molecule has 0 unspecified atom stereocenters. The lowest BCUT2D eigenvalue weighted by Gasteiger charge is -2.07. The molecule has 2 heterocycles. The number of nitrogens with zero attached hydrogens (tertiary/aromatic N) is 2. The monoisotopic (exact) mass is 291 g/mol. The first-order chi connectivity index (χ1) is 8.16. The lowest BCUT2D eigenvalue weighted by Crippen LogP contribution is -2.13. The second-order valence-corrected chi connectivity index (χ2v) is 4.27. The van der Waals surface area contributed by atoms with Crippen molar-refractivity contribution in [2.24, 2.45) is 0 Å². The Morgan fingerprint density at radius 3 is 2.59 bits per heavy atom. The molecule has 0 bridgehead atoms. The third-order valence-corrected chi connectivity index (χ3v) is 2.68. The molecule has 0 fully saturated rings. The van der Waals surface area contributed by atoms with Crippen LogP contribution < -0.4 is 5.32 Å². The molecule has 0 aliphatic rings. The van der Waals surface area contributed by atoms with Gasteiger partial charge in [-0.05, 0) is 47.1 Å². The van der Waals surface area contributed by atoms with Crippen molar-refractivity contribution in [2.45, 2.75) is 6.92 Å². The van der Waals surface area contributed by atoms with Crippen LogP contribution in [-0.2, 0) is 0 Å². The Hall–Kier alpha value is -1.75. The Labute approximate surface area is 107 Å². The van der Waals surface area contributed by atoms with Gasteiger partial charge in [0.05, 0.1) is 11.4 Å². The van der Waals surface area contributed by atoms with Crippen LogP contribution in [0.4, 0.5) is 5.69 Å². The van der Waals surface area contributed by atoms with Crippen LogP contribution in [0.5, 0.6) is 0 Å². The predicted molar refractivity (Wildman–Crippen MR) is 68.9 cm³/mol. The first-order valence-corrected chi connectivity index (χ1v) is 5.80. The van der Waals surface area contributed by atoms with Crippen LogP contribution in [0.2, 0.25) is 0 Å². The maximum Gasteiger partial charge on any atom is 0.255 e. The minimum absolute atomic E-state index is 0.167. The quantitative estimate of drug-likeness (QED) is 0.866. The molecule has 0 radical (unpaired) electrons. The van der Waals surface area contributed by atoms with E-state index in [-0.39, 0.29) is 5.91 Å². The zero-order valence-corrected chi connectivity index (χ0v) is 10.7. The molecule has 1 N–H and O–H groups in total. The number of pyridine rings is 2. The number of hydrogen-bond acceptors (Lipinski definition) is 3. The van der Waals surface area contributed by atoms with E-state index in [1.165, 1.54) is 0 Å². The van der Waals surface area contributed by atoms with Crippen molar-refractivity contribution < 1.29 is 4.79 Å². The van der Waals surface area contributed by atoms with Crippen molar-refractivity contribution in [2.75, 3.05) is 5.32 Å². The molecular formula is C12H10BrN3O. The van der Waals surface area contributed by atoms with Gasteiger partial charge in [0.25, 0.3) is 5.91 Å². The first-order valence-electron chi connectivity index (χ1n) is 5.01. The van der Waals surface area contributed by atoms with Crippen LogP contribution in [0.1, 0.15) is 16.1 Å². The summed E-state index contributed by atoms with van der Waals surface area (Å²) in [6.45, 7) is 1.84. The summed E-state index contributed by atoms with van der Waals surface area (Å²) < 4.78 is 0.747. The van der Waals surface area contributed by atoms with Crippen LogP contribution in [0.15, 0.2) is 41.3 Å². The Bertz CT molecular complexity index is 543. The van der Waals surface area contributed by atoms with Gasteiger partial charge in [0, 0.05) is 18.0 Å². The zero-order valence-electron chi connectivity index (χ0n) is 9.14. The van der Waals surface area contributed by atoms with Crippen molar-refractivity contribution in [3.8, 4) is 0 Å². The number of nitrogens with one attached hydrogen (secondary N) is 1. The summed E-state index contributed by atoms with van der Waals surface area (Å²) in [7, 11) is 0. The van der Waals surface area contributed by atoms with E-state index in [1.54, 1.807) is 30.6 Å². The van der Waals surface area contributed by atoms with Crippen molar-refractivity contribution in [3.63, 3.8) is 0 Å². The molecule has 4 nitrogen and oxygen atoms in total. The summed E-state index contributed by atoms with van der Waals surface area (Å²) in [5.74, 6) is -0.167. The van der Waals surface area contributed by atoms with E-state index < -0.39 is 0 Å².